The van der Waals surface area contributed by atoms with E-state index in [1.807, 2.05) is 0 Å². The fourth-order valence-electron chi connectivity index (χ4n) is 5.45. The Morgan fingerprint density at radius 3 is 1.86 bits per heavy atom. The van der Waals surface area contributed by atoms with Crippen molar-refractivity contribution < 1.29 is 51.0 Å². The Bertz CT molecular complexity index is 1710. The Morgan fingerprint density at radius 2 is 1.24 bits per heavy atom. The predicted octanol–water partition coefficient (Wildman–Crippen LogP) is 5.49. The summed E-state index contributed by atoms with van der Waals surface area (Å²) < 4.78 is 0. The molecule has 0 bridgehead atoms. The number of aryl methyl sites for hydroxylation is 2. The van der Waals surface area contributed by atoms with Gasteiger partial charge in [0.2, 0.25) is 0 Å². The Morgan fingerprint density at radius 1 is 0.619 bits per heavy atom. The number of rotatable bonds is 3. The fraction of sp³-hybridized carbons (Fsp3) is 0.231. The van der Waals surface area contributed by atoms with Gasteiger partial charge < -0.3 is 24.8 Å². The monoisotopic (exact) mass is 668 g/mol. The zero-order valence-electron chi connectivity index (χ0n) is 25.7. The van der Waals surface area contributed by atoms with Crippen molar-refractivity contribution in [2.75, 3.05) is 0 Å². The van der Waals surface area contributed by atoms with Crippen molar-refractivity contribution in [3.05, 3.63) is 131 Å². The fourth-order valence-corrected chi connectivity index (χ4v) is 5.45. The summed E-state index contributed by atoms with van der Waals surface area (Å²) in [5, 5.41) is 5.47. The van der Waals surface area contributed by atoms with Gasteiger partial charge in [-0.05, 0) is 28.0 Å². The van der Waals surface area contributed by atoms with Gasteiger partial charge in [-0.2, -0.15) is 12.1 Å². The van der Waals surface area contributed by atoms with E-state index in [0.717, 1.165) is 0 Å². The second-order valence-electron chi connectivity index (χ2n) is 12.2. The summed E-state index contributed by atoms with van der Waals surface area (Å²) >= 11 is 0. The van der Waals surface area contributed by atoms with Gasteiger partial charge in [-0.25, -0.2) is 0 Å². The van der Waals surface area contributed by atoms with Crippen LogP contribution in [0.1, 0.15) is 62.8 Å². The average molecular weight is 671 g/mol. The number of halogens is 2. The van der Waals surface area contributed by atoms with Gasteiger partial charge in [0.15, 0.2) is 0 Å². The van der Waals surface area contributed by atoms with Crippen molar-refractivity contribution in [2.45, 2.75) is 59.8 Å². The SMILES string of the molecule is CC(C)c1cc2c(-c3ccc(C(C)(C)C)cc3)cccc2[cH-]1.Cc1cc2c(-c3ccccc3)ccc(C)c2[cH-]1.[Cl-].[Cl-].[Zr+4]. The van der Waals surface area contributed by atoms with Crippen molar-refractivity contribution in [2.24, 2.45) is 0 Å². The van der Waals surface area contributed by atoms with Gasteiger partial charge in [0.25, 0.3) is 0 Å². The molecule has 42 heavy (non-hydrogen) atoms. The van der Waals surface area contributed by atoms with Crippen molar-refractivity contribution in [3.63, 3.8) is 0 Å². The van der Waals surface area contributed by atoms with Crippen LogP contribution in [0, 0.1) is 13.8 Å². The molecule has 0 nitrogen and oxygen atoms in total. The first-order chi connectivity index (χ1) is 18.6. The summed E-state index contributed by atoms with van der Waals surface area (Å²) in [6.45, 7) is 15.6. The molecule has 0 N–H and O–H groups in total. The van der Waals surface area contributed by atoms with Gasteiger partial charge in [-0.15, -0.1) is 68.6 Å². The van der Waals surface area contributed by atoms with Crippen LogP contribution < -0.4 is 24.8 Å². The third-order valence-electron chi connectivity index (χ3n) is 7.84. The molecule has 0 aromatic heterocycles. The molecule has 0 saturated carbocycles. The minimum absolute atomic E-state index is 0. The molecule has 3 heteroatoms. The molecule has 0 unspecified atom stereocenters. The van der Waals surface area contributed by atoms with Crippen molar-refractivity contribution in [1.29, 1.82) is 0 Å². The molecule has 6 rings (SSSR count). The first kappa shape index (κ1) is 35.8. The van der Waals surface area contributed by atoms with Gasteiger partial charge in [0, 0.05) is 0 Å². The summed E-state index contributed by atoms with van der Waals surface area (Å²) in [4.78, 5) is 0. The molecular formula is C39H40Cl2Zr. The quantitative estimate of drug-likeness (QED) is 0.219. The van der Waals surface area contributed by atoms with E-state index in [9.17, 15) is 0 Å². The molecule has 0 atom stereocenters. The van der Waals surface area contributed by atoms with Crippen LogP contribution in [0.5, 0.6) is 0 Å². The maximum absolute atomic E-state index is 2.35. The third kappa shape index (κ3) is 7.74. The molecule has 0 saturated heterocycles. The van der Waals surface area contributed by atoms with Crippen LogP contribution in [0.2, 0.25) is 0 Å². The van der Waals surface area contributed by atoms with E-state index in [0.29, 0.717) is 5.92 Å². The van der Waals surface area contributed by atoms with Gasteiger partial charge in [0.05, 0.1) is 0 Å². The van der Waals surface area contributed by atoms with E-state index in [1.165, 1.54) is 66.1 Å². The molecule has 0 aliphatic heterocycles. The Balaban J connectivity index is 0.000000281. The largest absolute Gasteiger partial charge is 4.00 e. The Labute approximate surface area is 284 Å². The molecule has 0 amide bonds. The summed E-state index contributed by atoms with van der Waals surface area (Å²) in [6.07, 6.45) is 0. The van der Waals surface area contributed by atoms with Gasteiger partial charge >= 0.3 is 26.2 Å². The van der Waals surface area contributed by atoms with Crippen LogP contribution >= 0.6 is 0 Å². The molecule has 0 aliphatic carbocycles. The van der Waals surface area contributed by atoms with Gasteiger partial charge in [-0.1, -0.05) is 126 Å². The molecule has 0 aliphatic rings. The summed E-state index contributed by atoms with van der Waals surface area (Å²) in [5.74, 6) is 0.573. The van der Waals surface area contributed by atoms with Crippen LogP contribution in [-0.2, 0) is 31.6 Å². The van der Waals surface area contributed by atoms with E-state index < -0.39 is 0 Å². The minimum atomic E-state index is 0. The van der Waals surface area contributed by atoms with E-state index in [1.54, 1.807) is 0 Å². The maximum Gasteiger partial charge on any atom is 4.00 e. The van der Waals surface area contributed by atoms with Crippen LogP contribution in [0.3, 0.4) is 0 Å². The average Bonchev–Trinajstić information content (AvgIpc) is 3.54. The zero-order chi connectivity index (χ0) is 27.7. The molecule has 0 fully saturated rings. The molecule has 6 aromatic carbocycles. The smallest absolute Gasteiger partial charge is 1.00 e. The number of hydrogen-bond donors (Lipinski definition) is 0. The normalized spacial score (nSPS) is 10.9. The van der Waals surface area contributed by atoms with E-state index in [2.05, 4.69) is 158 Å². The van der Waals surface area contributed by atoms with Crippen LogP contribution in [0.15, 0.2) is 109 Å². The van der Waals surface area contributed by atoms with E-state index >= 15 is 0 Å². The van der Waals surface area contributed by atoms with E-state index in [-0.39, 0.29) is 56.4 Å². The van der Waals surface area contributed by atoms with Crippen molar-refractivity contribution in [3.8, 4) is 22.3 Å². The summed E-state index contributed by atoms with van der Waals surface area (Å²) in [6, 6.07) is 39.9. The van der Waals surface area contributed by atoms with Gasteiger partial charge in [0.1, 0.15) is 0 Å². The molecule has 0 radical (unpaired) electrons. The van der Waals surface area contributed by atoms with E-state index in [4.69, 9.17) is 0 Å². The Hall–Kier alpha value is -2.44. The first-order valence-electron chi connectivity index (χ1n) is 14.1. The maximum atomic E-state index is 2.35. The molecular weight excluding hydrogens is 631 g/mol. The van der Waals surface area contributed by atoms with Gasteiger partial charge in [-0.3, -0.25) is 0 Å². The third-order valence-corrected chi connectivity index (χ3v) is 7.84. The predicted molar refractivity (Wildman–Crippen MR) is 172 cm³/mol. The van der Waals surface area contributed by atoms with Crippen LogP contribution in [0.25, 0.3) is 43.8 Å². The second-order valence-corrected chi connectivity index (χ2v) is 12.2. The minimum Gasteiger partial charge on any atom is -1.00 e. The molecule has 214 valence electrons. The Kier molecular flexibility index (Phi) is 12.6. The number of benzene rings is 4. The number of hydrogen-bond acceptors (Lipinski definition) is 0. The summed E-state index contributed by atoms with van der Waals surface area (Å²) in [7, 11) is 0. The topological polar surface area (TPSA) is 0 Å². The first-order valence-corrected chi connectivity index (χ1v) is 14.1. The standard InChI is InChI=1S/C22H25.C17H15.2ClH.Zr/c1-15(2)18-13-17-7-6-8-20(21(17)14-18)16-9-11-19(12-10-16)22(3,4)5;1-12-10-16-13(2)8-9-15(17(16)11-12)14-6-4-3-5-7-14;;;/h6-15H,1-5H3;3-11H,1-2H3;2*1H;/q2*-1;;;+4/p-2. The number of fused-ring (bicyclic) bond motifs is 2. The molecule has 0 spiro atoms. The molecule has 6 aromatic rings. The second kappa shape index (κ2) is 14.8. The van der Waals surface area contributed by atoms with Crippen molar-refractivity contribution in [1.82, 2.24) is 0 Å². The molecule has 0 heterocycles. The van der Waals surface area contributed by atoms with Crippen LogP contribution in [-0.4, -0.2) is 0 Å². The van der Waals surface area contributed by atoms with Crippen molar-refractivity contribution >= 4 is 21.5 Å². The zero-order valence-corrected chi connectivity index (χ0v) is 29.7. The summed E-state index contributed by atoms with van der Waals surface area (Å²) in [5.41, 5.74) is 11.0. The van der Waals surface area contributed by atoms with Crippen LogP contribution in [0.4, 0.5) is 0 Å².